The molecule has 4 heteroatoms. The van der Waals surface area contributed by atoms with Gasteiger partial charge in [-0.15, -0.1) is 0 Å². The lowest BCUT2D eigenvalue weighted by atomic mass is 9.93. The van der Waals surface area contributed by atoms with Crippen LogP contribution in [0.5, 0.6) is 5.75 Å². The first-order chi connectivity index (χ1) is 9.70. The minimum absolute atomic E-state index is 0.0519. The van der Waals surface area contributed by atoms with Crippen LogP contribution < -0.4 is 4.74 Å². The van der Waals surface area contributed by atoms with E-state index >= 15 is 0 Å². The molecule has 0 aromatic heterocycles. The second kappa shape index (κ2) is 5.38. The van der Waals surface area contributed by atoms with Crippen LogP contribution in [-0.2, 0) is 4.74 Å². The summed E-state index contributed by atoms with van der Waals surface area (Å²) in [6.07, 6.45) is -1.04. The smallest absolute Gasteiger partial charge is 0.199 e. The molecule has 3 nitrogen and oxygen atoms in total. The minimum Gasteiger partial charge on any atom is -0.482 e. The van der Waals surface area contributed by atoms with Crippen molar-refractivity contribution in [2.75, 3.05) is 7.11 Å². The lowest BCUT2D eigenvalue weighted by Gasteiger charge is -2.31. The van der Waals surface area contributed by atoms with E-state index in [1.54, 1.807) is 12.1 Å². The molecule has 3 rings (SSSR count). The topological polar surface area (TPSA) is 35.5 Å². The highest BCUT2D eigenvalue weighted by Crippen LogP contribution is 2.37. The molecule has 1 aliphatic heterocycles. The quantitative estimate of drug-likeness (QED) is 0.839. The van der Waals surface area contributed by atoms with Gasteiger partial charge in [0.15, 0.2) is 18.0 Å². The van der Waals surface area contributed by atoms with Crippen molar-refractivity contribution in [3.8, 4) is 5.75 Å². The molecule has 0 saturated heterocycles. The Balaban J connectivity index is 2.06. The molecule has 20 heavy (non-hydrogen) atoms. The molecule has 1 heterocycles. The number of hydrogen-bond acceptors (Lipinski definition) is 3. The van der Waals surface area contributed by atoms with Gasteiger partial charge in [0, 0.05) is 11.6 Å². The van der Waals surface area contributed by atoms with Crippen molar-refractivity contribution in [3.05, 3.63) is 64.1 Å². The molecule has 1 aliphatic rings. The van der Waals surface area contributed by atoms with Gasteiger partial charge in [0.25, 0.3) is 0 Å². The SMILES string of the molecule is COC1C(=O)c2cc(Br)ccc2OC1c1ccccc1. The van der Waals surface area contributed by atoms with Gasteiger partial charge in [-0.05, 0) is 23.8 Å². The lowest BCUT2D eigenvalue weighted by molar-refractivity contribution is -0.000620. The van der Waals surface area contributed by atoms with Crippen LogP contribution in [0.1, 0.15) is 22.0 Å². The van der Waals surface area contributed by atoms with Crippen LogP contribution in [0.3, 0.4) is 0 Å². The molecule has 0 spiro atoms. The molecule has 0 fully saturated rings. The molecule has 0 radical (unpaired) electrons. The molecule has 2 aromatic carbocycles. The highest BCUT2D eigenvalue weighted by atomic mass is 79.9. The number of methoxy groups -OCH3 is 1. The third kappa shape index (κ3) is 2.25. The van der Waals surface area contributed by atoms with Crippen LogP contribution in [0, 0.1) is 0 Å². The Labute approximate surface area is 125 Å². The van der Waals surface area contributed by atoms with Gasteiger partial charge in [-0.3, -0.25) is 4.79 Å². The minimum atomic E-state index is -0.626. The van der Waals surface area contributed by atoms with Gasteiger partial charge in [-0.2, -0.15) is 0 Å². The average molecular weight is 333 g/mol. The molecule has 0 bridgehead atoms. The van der Waals surface area contributed by atoms with Crippen LogP contribution in [0.15, 0.2) is 53.0 Å². The second-order valence-electron chi connectivity index (χ2n) is 4.61. The van der Waals surface area contributed by atoms with E-state index in [9.17, 15) is 4.79 Å². The zero-order chi connectivity index (χ0) is 14.1. The summed E-state index contributed by atoms with van der Waals surface area (Å²) < 4.78 is 12.2. The van der Waals surface area contributed by atoms with Crippen LogP contribution in [0.2, 0.25) is 0 Å². The Kier molecular flexibility index (Phi) is 3.59. The number of rotatable bonds is 2. The number of benzene rings is 2. The molecule has 2 aromatic rings. The van der Waals surface area contributed by atoms with E-state index in [0.29, 0.717) is 11.3 Å². The van der Waals surface area contributed by atoms with Crippen LogP contribution >= 0.6 is 15.9 Å². The van der Waals surface area contributed by atoms with E-state index in [0.717, 1.165) is 10.0 Å². The summed E-state index contributed by atoms with van der Waals surface area (Å²) in [5, 5.41) is 0. The van der Waals surface area contributed by atoms with Gasteiger partial charge in [0.2, 0.25) is 0 Å². The zero-order valence-electron chi connectivity index (χ0n) is 10.9. The molecule has 0 aliphatic carbocycles. The molecule has 102 valence electrons. The predicted molar refractivity (Wildman–Crippen MR) is 79.1 cm³/mol. The normalized spacial score (nSPS) is 21.2. The zero-order valence-corrected chi connectivity index (χ0v) is 12.5. The number of Topliss-reactive ketones (excluding diaryl/α,β-unsaturated/α-hetero) is 1. The van der Waals surface area contributed by atoms with Gasteiger partial charge >= 0.3 is 0 Å². The third-order valence-corrected chi connectivity index (χ3v) is 3.87. The maximum atomic E-state index is 12.6. The van der Waals surface area contributed by atoms with E-state index in [-0.39, 0.29) is 5.78 Å². The molecule has 0 N–H and O–H groups in total. The van der Waals surface area contributed by atoms with Crippen LogP contribution in [0.4, 0.5) is 0 Å². The molecule has 0 saturated carbocycles. The van der Waals surface area contributed by atoms with Crippen LogP contribution in [-0.4, -0.2) is 19.0 Å². The first-order valence-electron chi connectivity index (χ1n) is 6.29. The Morgan fingerprint density at radius 3 is 2.60 bits per heavy atom. The number of ether oxygens (including phenoxy) is 2. The Hall–Kier alpha value is -1.65. The fourth-order valence-corrected chi connectivity index (χ4v) is 2.76. The van der Waals surface area contributed by atoms with Crippen molar-refractivity contribution in [3.63, 3.8) is 0 Å². The van der Waals surface area contributed by atoms with Crippen molar-refractivity contribution < 1.29 is 14.3 Å². The molecular weight excluding hydrogens is 320 g/mol. The number of fused-ring (bicyclic) bond motifs is 1. The maximum Gasteiger partial charge on any atom is 0.199 e. The molecule has 2 unspecified atom stereocenters. The van der Waals surface area contributed by atoms with Gasteiger partial charge in [-0.1, -0.05) is 46.3 Å². The van der Waals surface area contributed by atoms with Gasteiger partial charge in [0.05, 0.1) is 5.56 Å². The van der Waals surface area contributed by atoms with Crippen molar-refractivity contribution in [1.82, 2.24) is 0 Å². The summed E-state index contributed by atoms with van der Waals surface area (Å²) >= 11 is 3.37. The summed E-state index contributed by atoms with van der Waals surface area (Å²) in [5.74, 6) is 0.546. The monoisotopic (exact) mass is 332 g/mol. The fraction of sp³-hybridized carbons (Fsp3) is 0.188. The third-order valence-electron chi connectivity index (χ3n) is 3.38. The number of carbonyl (C=O) groups excluding carboxylic acids is 1. The van der Waals surface area contributed by atoms with Gasteiger partial charge < -0.3 is 9.47 Å². The first kappa shape index (κ1) is 13.3. The number of ketones is 1. The fourth-order valence-electron chi connectivity index (χ4n) is 2.40. The van der Waals surface area contributed by atoms with Crippen molar-refractivity contribution in [2.24, 2.45) is 0 Å². The van der Waals surface area contributed by atoms with Crippen LogP contribution in [0.25, 0.3) is 0 Å². The lowest BCUT2D eigenvalue weighted by Crippen LogP contribution is -2.37. The van der Waals surface area contributed by atoms with E-state index in [2.05, 4.69) is 15.9 Å². The highest BCUT2D eigenvalue weighted by Gasteiger charge is 2.38. The summed E-state index contributed by atoms with van der Waals surface area (Å²) in [5.41, 5.74) is 1.49. The average Bonchev–Trinajstić information content (AvgIpc) is 2.48. The largest absolute Gasteiger partial charge is 0.482 e. The second-order valence-corrected chi connectivity index (χ2v) is 5.53. The Morgan fingerprint density at radius 1 is 1.15 bits per heavy atom. The molecular formula is C16H13BrO3. The summed E-state index contributed by atoms with van der Waals surface area (Å²) in [6, 6.07) is 15.1. The Morgan fingerprint density at radius 2 is 1.90 bits per heavy atom. The Bertz CT molecular complexity index is 639. The molecule has 0 amide bonds. The summed E-state index contributed by atoms with van der Waals surface area (Å²) in [7, 11) is 1.53. The van der Waals surface area contributed by atoms with Crippen molar-refractivity contribution in [2.45, 2.75) is 12.2 Å². The number of hydrogen-bond donors (Lipinski definition) is 0. The van der Waals surface area contributed by atoms with Crippen molar-refractivity contribution >= 4 is 21.7 Å². The standard InChI is InChI=1S/C16H13BrO3/c1-19-16-14(18)12-9-11(17)7-8-13(12)20-15(16)10-5-3-2-4-6-10/h2-9,15-16H,1H3. The van der Waals surface area contributed by atoms with E-state index in [1.165, 1.54) is 7.11 Å². The first-order valence-corrected chi connectivity index (χ1v) is 7.08. The van der Waals surface area contributed by atoms with E-state index < -0.39 is 12.2 Å². The van der Waals surface area contributed by atoms with Crippen molar-refractivity contribution in [1.29, 1.82) is 0 Å². The molecule has 2 atom stereocenters. The van der Waals surface area contributed by atoms with E-state index in [4.69, 9.17) is 9.47 Å². The highest BCUT2D eigenvalue weighted by molar-refractivity contribution is 9.10. The van der Waals surface area contributed by atoms with E-state index in [1.807, 2.05) is 36.4 Å². The summed E-state index contributed by atoms with van der Waals surface area (Å²) in [4.78, 5) is 12.6. The van der Waals surface area contributed by atoms with Gasteiger partial charge in [-0.25, -0.2) is 0 Å². The number of carbonyl (C=O) groups is 1. The van der Waals surface area contributed by atoms with Gasteiger partial charge in [0.1, 0.15) is 5.75 Å². The summed E-state index contributed by atoms with van der Waals surface area (Å²) in [6.45, 7) is 0. The maximum absolute atomic E-state index is 12.6. The predicted octanol–water partition coefficient (Wildman–Crippen LogP) is 3.78. The number of halogens is 1.